The summed E-state index contributed by atoms with van der Waals surface area (Å²) in [7, 11) is 0. The number of epoxide rings is 1. The zero-order chi connectivity index (χ0) is 6.69. The van der Waals surface area contributed by atoms with Crippen LogP contribution in [0.1, 0.15) is 26.7 Å². The average Bonchev–Trinajstić information content (AvgIpc) is 2.48. The number of ether oxygens (including phenoxy) is 1. The van der Waals surface area contributed by atoms with Crippen molar-refractivity contribution < 1.29 is 4.74 Å². The number of rotatable bonds is 3. The topological polar surface area (TPSA) is 12.5 Å². The smallest absolute Gasteiger partial charge is 0.0873 e. The first-order valence-corrected chi connectivity index (χ1v) is 3.65. The average molecular weight is 126 g/mol. The lowest BCUT2D eigenvalue weighted by atomic mass is 10.2. The molecule has 0 spiro atoms. The highest BCUT2D eigenvalue weighted by Crippen LogP contribution is 2.24. The summed E-state index contributed by atoms with van der Waals surface area (Å²) in [5.41, 5.74) is 0. The van der Waals surface area contributed by atoms with E-state index >= 15 is 0 Å². The van der Waals surface area contributed by atoms with Gasteiger partial charge in [-0.25, -0.2) is 0 Å². The summed E-state index contributed by atoms with van der Waals surface area (Å²) in [6.07, 6.45) is 7.69. The normalized spacial score (nSPS) is 33.6. The molecule has 2 atom stereocenters. The molecule has 0 aromatic rings. The Kier molecular flexibility index (Phi) is 2.29. The van der Waals surface area contributed by atoms with Crippen LogP contribution in [0.15, 0.2) is 12.2 Å². The summed E-state index contributed by atoms with van der Waals surface area (Å²) in [6.45, 7) is 4.26. The molecule has 0 radical (unpaired) electrons. The third-order valence-electron chi connectivity index (χ3n) is 1.61. The lowest BCUT2D eigenvalue weighted by molar-refractivity contribution is 0.380. The lowest BCUT2D eigenvalue weighted by Crippen LogP contribution is -1.84. The second-order valence-electron chi connectivity index (χ2n) is 2.50. The minimum atomic E-state index is 0.520. The fraction of sp³-hybridized carbons (Fsp3) is 0.750. The summed E-state index contributed by atoms with van der Waals surface area (Å²) in [4.78, 5) is 0. The molecule has 0 amide bonds. The minimum Gasteiger partial charge on any atom is -0.370 e. The van der Waals surface area contributed by atoms with Crippen LogP contribution in [0, 0.1) is 0 Å². The van der Waals surface area contributed by atoms with Gasteiger partial charge in [0.1, 0.15) is 0 Å². The molecule has 0 bridgehead atoms. The van der Waals surface area contributed by atoms with Crippen LogP contribution in [0.2, 0.25) is 0 Å². The second kappa shape index (κ2) is 3.02. The molecule has 0 aromatic heterocycles. The van der Waals surface area contributed by atoms with Crippen LogP contribution in [0.5, 0.6) is 0 Å². The van der Waals surface area contributed by atoms with E-state index < -0.39 is 0 Å². The van der Waals surface area contributed by atoms with E-state index in [1.807, 2.05) is 0 Å². The van der Waals surface area contributed by atoms with Crippen molar-refractivity contribution in [3.63, 3.8) is 0 Å². The van der Waals surface area contributed by atoms with Crippen molar-refractivity contribution in [1.82, 2.24) is 0 Å². The Labute approximate surface area is 56.7 Å². The molecule has 1 heteroatoms. The fourth-order valence-electron chi connectivity index (χ4n) is 0.875. The third-order valence-corrected chi connectivity index (χ3v) is 1.61. The summed E-state index contributed by atoms with van der Waals surface area (Å²) in [5, 5.41) is 0. The highest BCUT2D eigenvalue weighted by Gasteiger charge is 2.32. The molecule has 0 saturated carbocycles. The van der Waals surface area contributed by atoms with Crippen molar-refractivity contribution in [2.45, 2.75) is 38.9 Å². The van der Waals surface area contributed by atoms with Crippen LogP contribution in [-0.4, -0.2) is 12.2 Å². The molecule has 52 valence electrons. The van der Waals surface area contributed by atoms with Gasteiger partial charge < -0.3 is 4.74 Å². The lowest BCUT2D eigenvalue weighted by Gasteiger charge is -1.81. The largest absolute Gasteiger partial charge is 0.370 e. The first kappa shape index (κ1) is 6.81. The summed E-state index contributed by atoms with van der Waals surface area (Å²) < 4.78 is 5.21. The van der Waals surface area contributed by atoms with Gasteiger partial charge in [0, 0.05) is 0 Å². The van der Waals surface area contributed by atoms with E-state index in [4.69, 9.17) is 4.74 Å². The van der Waals surface area contributed by atoms with Gasteiger partial charge in [-0.2, -0.15) is 0 Å². The van der Waals surface area contributed by atoms with Crippen molar-refractivity contribution in [3.05, 3.63) is 12.2 Å². The quantitative estimate of drug-likeness (QED) is 0.417. The number of hydrogen-bond acceptors (Lipinski definition) is 1. The van der Waals surface area contributed by atoms with Crippen LogP contribution < -0.4 is 0 Å². The highest BCUT2D eigenvalue weighted by atomic mass is 16.6. The molecule has 1 nitrogen and oxygen atoms in total. The molecule has 1 aliphatic rings. The summed E-state index contributed by atoms with van der Waals surface area (Å²) in [6, 6.07) is 0. The molecular formula is C8H14O. The van der Waals surface area contributed by atoms with Gasteiger partial charge in [0.05, 0.1) is 12.2 Å². The van der Waals surface area contributed by atoms with Crippen molar-refractivity contribution in [1.29, 1.82) is 0 Å². The molecule has 1 aliphatic heterocycles. The maximum absolute atomic E-state index is 5.21. The van der Waals surface area contributed by atoms with E-state index in [9.17, 15) is 0 Å². The van der Waals surface area contributed by atoms with Crippen LogP contribution in [-0.2, 0) is 4.74 Å². The van der Waals surface area contributed by atoms with Gasteiger partial charge in [-0.15, -0.1) is 0 Å². The van der Waals surface area contributed by atoms with Gasteiger partial charge >= 0.3 is 0 Å². The Hall–Kier alpha value is -0.300. The Balaban J connectivity index is 2.00. The van der Waals surface area contributed by atoms with E-state index in [-0.39, 0.29) is 0 Å². The SMILES string of the molecule is CCC=CCC1OC1C. The minimum absolute atomic E-state index is 0.520. The van der Waals surface area contributed by atoms with E-state index in [0.29, 0.717) is 12.2 Å². The zero-order valence-corrected chi connectivity index (χ0v) is 6.13. The second-order valence-corrected chi connectivity index (χ2v) is 2.50. The molecule has 2 unspecified atom stereocenters. The molecule has 1 saturated heterocycles. The van der Waals surface area contributed by atoms with E-state index in [0.717, 1.165) is 12.8 Å². The van der Waals surface area contributed by atoms with Crippen LogP contribution in [0.25, 0.3) is 0 Å². The van der Waals surface area contributed by atoms with Gasteiger partial charge in [-0.1, -0.05) is 19.1 Å². The molecule has 1 heterocycles. The molecule has 9 heavy (non-hydrogen) atoms. The van der Waals surface area contributed by atoms with Crippen LogP contribution in [0.4, 0.5) is 0 Å². The van der Waals surface area contributed by atoms with Gasteiger partial charge in [0.15, 0.2) is 0 Å². The molecule has 0 aliphatic carbocycles. The van der Waals surface area contributed by atoms with Crippen molar-refractivity contribution in [2.24, 2.45) is 0 Å². The Bertz CT molecular complexity index is 107. The van der Waals surface area contributed by atoms with Crippen LogP contribution >= 0.6 is 0 Å². The maximum atomic E-state index is 5.21. The van der Waals surface area contributed by atoms with Crippen molar-refractivity contribution in [3.8, 4) is 0 Å². The number of hydrogen-bond donors (Lipinski definition) is 0. The number of allylic oxidation sites excluding steroid dienone is 1. The standard InChI is InChI=1S/C8H14O/c1-3-4-5-6-8-7(2)9-8/h4-5,7-8H,3,6H2,1-2H3. The maximum Gasteiger partial charge on any atom is 0.0873 e. The molecule has 0 aromatic carbocycles. The highest BCUT2D eigenvalue weighted by molar-refractivity contribution is 4.91. The van der Waals surface area contributed by atoms with E-state index in [1.54, 1.807) is 0 Å². The first-order valence-electron chi connectivity index (χ1n) is 3.65. The Morgan fingerprint density at radius 1 is 1.44 bits per heavy atom. The monoisotopic (exact) mass is 126 g/mol. The van der Waals surface area contributed by atoms with E-state index in [2.05, 4.69) is 26.0 Å². The fourth-order valence-corrected chi connectivity index (χ4v) is 0.875. The predicted molar refractivity (Wildman–Crippen MR) is 38.4 cm³/mol. The predicted octanol–water partition coefficient (Wildman–Crippen LogP) is 2.13. The third kappa shape index (κ3) is 2.19. The molecule has 1 fully saturated rings. The molecule has 1 rings (SSSR count). The first-order chi connectivity index (χ1) is 4.34. The van der Waals surface area contributed by atoms with Gasteiger partial charge in [0.25, 0.3) is 0 Å². The van der Waals surface area contributed by atoms with Gasteiger partial charge in [-0.3, -0.25) is 0 Å². The van der Waals surface area contributed by atoms with Crippen molar-refractivity contribution in [2.75, 3.05) is 0 Å². The Morgan fingerprint density at radius 3 is 2.56 bits per heavy atom. The van der Waals surface area contributed by atoms with E-state index in [1.165, 1.54) is 0 Å². The Morgan fingerprint density at radius 2 is 2.11 bits per heavy atom. The zero-order valence-electron chi connectivity index (χ0n) is 6.13. The summed E-state index contributed by atoms with van der Waals surface area (Å²) in [5.74, 6) is 0. The van der Waals surface area contributed by atoms with Crippen LogP contribution in [0.3, 0.4) is 0 Å². The van der Waals surface area contributed by atoms with Gasteiger partial charge in [-0.05, 0) is 19.8 Å². The molecule has 0 N–H and O–H groups in total. The van der Waals surface area contributed by atoms with Crippen molar-refractivity contribution >= 4 is 0 Å². The molecular weight excluding hydrogens is 112 g/mol. The summed E-state index contributed by atoms with van der Waals surface area (Å²) >= 11 is 0. The van der Waals surface area contributed by atoms with Gasteiger partial charge in [0.2, 0.25) is 0 Å².